The number of allylic oxidation sites excluding steroid dienone is 1. The summed E-state index contributed by atoms with van der Waals surface area (Å²) in [5.41, 5.74) is 2.92. The number of aromatic nitrogens is 2. The van der Waals surface area contributed by atoms with Gasteiger partial charge in [-0.3, -0.25) is 0 Å². The molecule has 0 aliphatic heterocycles. The minimum Gasteiger partial charge on any atom is -0.331 e. The van der Waals surface area contributed by atoms with Crippen molar-refractivity contribution in [1.29, 1.82) is 0 Å². The van der Waals surface area contributed by atoms with E-state index in [1.807, 2.05) is 12.5 Å². The average Bonchev–Trinajstić information content (AvgIpc) is 2.84. The van der Waals surface area contributed by atoms with E-state index in [0.717, 1.165) is 13.1 Å². The van der Waals surface area contributed by atoms with E-state index in [1.54, 1.807) is 5.57 Å². The Bertz CT molecular complexity index is 390. The minimum absolute atomic E-state index is 0.491. The van der Waals surface area contributed by atoms with Crippen molar-refractivity contribution in [3.63, 3.8) is 0 Å². The van der Waals surface area contributed by atoms with Crippen LogP contribution in [-0.2, 0) is 6.54 Å². The molecule has 0 spiro atoms. The van der Waals surface area contributed by atoms with Gasteiger partial charge in [0.25, 0.3) is 0 Å². The molecule has 0 saturated carbocycles. The van der Waals surface area contributed by atoms with Crippen molar-refractivity contribution in [2.24, 2.45) is 0 Å². The van der Waals surface area contributed by atoms with Crippen molar-refractivity contribution in [2.75, 3.05) is 6.54 Å². The van der Waals surface area contributed by atoms with Crippen LogP contribution in [-0.4, -0.2) is 16.1 Å². The Labute approximate surface area is 110 Å². The second-order valence-electron chi connectivity index (χ2n) is 5.42. The van der Waals surface area contributed by atoms with Gasteiger partial charge in [-0.1, -0.05) is 11.6 Å². The molecule has 0 unspecified atom stereocenters. The fraction of sp³-hybridized carbons (Fsp3) is 0.667. The quantitative estimate of drug-likeness (QED) is 0.616. The standard InChI is InChI=1S/C15H25N3/c1-13(2)18-12-17-11-15(18)10-16-9-8-14-6-4-3-5-7-14/h6,11-13,16H,3-5,7-10H2,1-2H3. The first-order valence-electron chi connectivity index (χ1n) is 7.16. The highest BCUT2D eigenvalue weighted by Crippen LogP contribution is 2.19. The van der Waals surface area contributed by atoms with Gasteiger partial charge in [0.1, 0.15) is 0 Å². The number of hydrogen-bond donors (Lipinski definition) is 1. The van der Waals surface area contributed by atoms with Crippen LogP contribution in [0.25, 0.3) is 0 Å². The molecule has 0 saturated heterocycles. The zero-order valence-electron chi connectivity index (χ0n) is 11.7. The molecular weight excluding hydrogens is 222 g/mol. The average molecular weight is 247 g/mol. The Morgan fingerprint density at radius 1 is 1.39 bits per heavy atom. The lowest BCUT2D eigenvalue weighted by atomic mass is 9.97. The molecule has 1 N–H and O–H groups in total. The van der Waals surface area contributed by atoms with Crippen LogP contribution in [0.4, 0.5) is 0 Å². The molecule has 0 radical (unpaired) electrons. The lowest BCUT2D eigenvalue weighted by Crippen LogP contribution is -2.18. The maximum absolute atomic E-state index is 4.22. The summed E-state index contributed by atoms with van der Waals surface area (Å²) in [6.07, 6.45) is 12.9. The Balaban J connectivity index is 1.71. The van der Waals surface area contributed by atoms with Crippen molar-refractivity contribution < 1.29 is 0 Å². The second-order valence-corrected chi connectivity index (χ2v) is 5.42. The lowest BCUT2D eigenvalue weighted by Gasteiger charge is -2.14. The summed E-state index contributed by atoms with van der Waals surface area (Å²) >= 11 is 0. The fourth-order valence-electron chi connectivity index (χ4n) is 2.53. The molecule has 0 amide bonds. The van der Waals surface area contributed by atoms with Gasteiger partial charge in [0.15, 0.2) is 0 Å². The summed E-state index contributed by atoms with van der Waals surface area (Å²) in [7, 11) is 0. The van der Waals surface area contributed by atoms with Gasteiger partial charge in [-0.05, 0) is 52.5 Å². The summed E-state index contributed by atoms with van der Waals surface area (Å²) in [4.78, 5) is 4.22. The Hall–Kier alpha value is -1.09. The first kappa shape index (κ1) is 13.3. The zero-order chi connectivity index (χ0) is 12.8. The summed E-state index contributed by atoms with van der Waals surface area (Å²) < 4.78 is 2.23. The molecule has 0 aromatic carbocycles. The van der Waals surface area contributed by atoms with E-state index < -0.39 is 0 Å². The second kappa shape index (κ2) is 6.74. The minimum atomic E-state index is 0.491. The number of nitrogens with zero attached hydrogens (tertiary/aromatic N) is 2. The lowest BCUT2D eigenvalue weighted by molar-refractivity contribution is 0.548. The van der Waals surface area contributed by atoms with E-state index >= 15 is 0 Å². The van der Waals surface area contributed by atoms with E-state index in [-0.39, 0.29) is 0 Å². The smallest absolute Gasteiger partial charge is 0.0951 e. The monoisotopic (exact) mass is 247 g/mol. The van der Waals surface area contributed by atoms with E-state index in [9.17, 15) is 0 Å². The van der Waals surface area contributed by atoms with Gasteiger partial charge in [-0.25, -0.2) is 4.98 Å². The molecule has 0 fully saturated rings. The van der Waals surface area contributed by atoms with Gasteiger partial charge in [0.2, 0.25) is 0 Å². The third-order valence-electron chi connectivity index (χ3n) is 3.62. The molecular formula is C15H25N3. The van der Waals surface area contributed by atoms with Crippen LogP contribution in [0.3, 0.4) is 0 Å². The predicted octanol–water partition coefficient (Wildman–Crippen LogP) is 3.44. The molecule has 1 aromatic heterocycles. The maximum Gasteiger partial charge on any atom is 0.0951 e. The molecule has 0 bridgehead atoms. The molecule has 18 heavy (non-hydrogen) atoms. The van der Waals surface area contributed by atoms with E-state index in [4.69, 9.17) is 0 Å². The van der Waals surface area contributed by atoms with Gasteiger partial charge >= 0.3 is 0 Å². The molecule has 3 nitrogen and oxygen atoms in total. The highest BCUT2D eigenvalue weighted by atomic mass is 15.1. The van der Waals surface area contributed by atoms with Crippen LogP contribution in [0.15, 0.2) is 24.2 Å². The summed E-state index contributed by atoms with van der Waals surface area (Å²) in [6, 6.07) is 0.491. The van der Waals surface area contributed by atoms with E-state index in [1.165, 1.54) is 37.8 Å². The molecule has 0 atom stereocenters. The fourth-order valence-corrected chi connectivity index (χ4v) is 2.53. The highest BCUT2D eigenvalue weighted by Gasteiger charge is 2.06. The van der Waals surface area contributed by atoms with Gasteiger partial charge in [0.05, 0.1) is 12.0 Å². The van der Waals surface area contributed by atoms with Gasteiger partial charge in [0, 0.05) is 18.8 Å². The van der Waals surface area contributed by atoms with Crippen LogP contribution in [0.1, 0.15) is 57.7 Å². The normalized spacial score (nSPS) is 16.1. The predicted molar refractivity (Wildman–Crippen MR) is 75.5 cm³/mol. The SMILES string of the molecule is CC(C)n1cncc1CNCCC1=CCCCC1. The maximum atomic E-state index is 4.22. The van der Waals surface area contributed by atoms with Crippen molar-refractivity contribution >= 4 is 0 Å². The molecule has 100 valence electrons. The Morgan fingerprint density at radius 3 is 3.00 bits per heavy atom. The largest absolute Gasteiger partial charge is 0.331 e. The molecule has 3 heteroatoms. The number of hydrogen-bond acceptors (Lipinski definition) is 2. The van der Waals surface area contributed by atoms with Crippen molar-refractivity contribution in [3.8, 4) is 0 Å². The van der Waals surface area contributed by atoms with Gasteiger partial charge in [-0.2, -0.15) is 0 Å². The van der Waals surface area contributed by atoms with Crippen LogP contribution in [0.5, 0.6) is 0 Å². The third-order valence-corrected chi connectivity index (χ3v) is 3.62. The van der Waals surface area contributed by atoms with Crippen molar-refractivity contribution in [3.05, 3.63) is 29.9 Å². The molecule has 1 aromatic rings. The van der Waals surface area contributed by atoms with E-state index in [0.29, 0.717) is 6.04 Å². The molecule has 1 heterocycles. The summed E-state index contributed by atoms with van der Waals surface area (Å²) in [6.45, 7) is 6.39. The third kappa shape index (κ3) is 3.70. The number of nitrogens with one attached hydrogen (secondary N) is 1. The van der Waals surface area contributed by atoms with Gasteiger partial charge < -0.3 is 9.88 Å². The topological polar surface area (TPSA) is 29.9 Å². The molecule has 2 rings (SSSR count). The van der Waals surface area contributed by atoms with E-state index in [2.05, 4.69) is 34.8 Å². The number of imidazole rings is 1. The van der Waals surface area contributed by atoms with Crippen LogP contribution in [0, 0.1) is 0 Å². The van der Waals surface area contributed by atoms with Crippen LogP contribution < -0.4 is 5.32 Å². The van der Waals surface area contributed by atoms with Crippen molar-refractivity contribution in [1.82, 2.24) is 14.9 Å². The highest BCUT2D eigenvalue weighted by molar-refractivity contribution is 5.05. The Morgan fingerprint density at radius 2 is 2.28 bits per heavy atom. The number of rotatable bonds is 6. The summed E-state index contributed by atoms with van der Waals surface area (Å²) in [5, 5.41) is 3.53. The first-order valence-corrected chi connectivity index (χ1v) is 7.16. The van der Waals surface area contributed by atoms with Gasteiger partial charge in [-0.15, -0.1) is 0 Å². The zero-order valence-corrected chi connectivity index (χ0v) is 11.7. The van der Waals surface area contributed by atoms with Crippen molar-refractivity contribution in [2.45, 2.75) is 58.5 Å². The summed E-state index contributed by atoms with van der Waals surface area (Å²) in [5.74, 6) is 0. The first-order chi connectivity index (χ1) is 8.77. The van der Waals surface area contributed by atoms with Crippen LogP contribution >= 0.6 is 0 Å². The Kier molecular flexibility index (Phi) is 5.00. The molecule has 1 aliphatic rings. The molecule has 1 aliphatic carbocycles. The van der Waals surface area contributed by atoms with Crippen LogP contribution in [0.2, 0.25) is 0 Å².